The van der Waals surface area contributed by atoms with Gasteiger partial charge in [0.15, 0.2) is 28.7 Å². The summed E-state index contributed by atoms with van der Waals surface area (Å²) in [7, 11) is -1.11. The number of aliphatic hydroxyl groups is 1. The van der Waals surface area contributed by atoms with Gasteiger partial charge in [-0.1, -0.05) is 47.6 Å². The van der Waals surface area contributed by atoms with E-state index >= 15 is 0 Å². The minimum Gasteiger partial charge on any atom is -0.411 e. The number of hydrogen-bond donors (Lipinski definition) is 1. The van der Waals surface area contributed by atoms with E-state index in [0.29, 0.717) is 25.2 Å². The van der Waals surface area contributed by atoms with Crippen LogP contribution < -0.4 is 0 Å². The molecule has 0 bridgehead atoms. The standard InChI is InChI=1S/C38H68O10Si2/c1-16-26-29(46-50(17-2,18-3)19-4)32(41-13)45-31(26)38(39)25(5)20-37(47-38)30-28(36(37)22-43-34(9,10)44-23-36)27(42-24-40-12)21-35(30,11)48-49(14,15)33(6,7)8/h16,20,26-32,39H,1,17-19,21-24H2,2-15H3/t26-,27-,28-,29+,30-,31-,32+,35-,37-,38-/m0/s1. The molecule has 3 aliphatic heterocycles. The smallest absolute Gasteiger partial charge is 0.216 e. The second kappa shape index (κ2) is 13.7. The summed E-state index contributed by atoms with van der Waals surface area (Å²) in [5, 5.41) is 13.0. The maximum absolute atomic E-state index is 13.0. The molecule has 0 aromatic rings. The lowest BCUT2D eigenvalue weighted by Crippen LogP contribution is -2.80. The number of fused-ring (bicyclic) bond motifs is 4. The third-order valence-electron chi connectivity index (χ3n) is 13.8. The van der Waals surface area contributed by atoms with Gasteiger partial charge in [0.05, 0.1) is 30.3 Å². The third kappa shape index (κ3) is 6.13. The number of rotatable bonds is 13. The molecule has 5 rings (SSSR count). The van der Waals surface area contributed by atoms with Crippen molar-refractivity contribution in [1.82, 2.24) is 0 Å². The highest BCUT2D eigenvalue weighted by atomic mass is 28.4. The van der Waals surface area contributed by atoms with E-state index in [1.54, 1.807) is 14.2 Å². The molecule has 2 aliphatic carbocycles. The second-order valence-corrected chi connectivity index (χ2v) is 27.3. The SMILES string of the molecule is C=C[C@H]1[C@@H](O[Si](CC)(CC)CC)[C@H](OC)O[C@@H]1[C@@]1(O)O[C@@]2(C=C1C)[C@H]1[C@H]([C@@H](OCOC)C[C@]1(C)O[Si](C)(C)C(C)(C)C)C21COC(C)(C)OC1. The van der Waals surface area contributed by atoms with Crippen molar-refractivity contribution in [1.29, 1.82) is 0 Å². The van der Waals surface area contributed by atoms with Crippen molar-refractivity contribution < 1.29 is 47.1 Å². The first-order valence-corrected chi connectivity index (χ1v) is 24.3. The maximum atomic E-state index is 13.0. The molecular formula is C38H68O10Si2. The van der Waals surface area contributed by atoms with Gasteiger partial charge in [-0.25, -0.2) is 0 Å². The molecule has 5 aliphatic rings. The minimum atomic E-state index is -2.30. The Morgan fingerprint density at radius 3 is 2.14 bits per heavy atom. The van der Waals surface area contributed by atoms with Crippen molar-refractivity contribution >= 4 is 16.6 Å². The molecule has 0 amide bonds. The number of hydrogen-bond acceptors (Lipinski definition) is 10. The van der Waals surface area contributed by atoms with Crippen molar-refractivity contribution in [2.45, 2.75) is 159 Å². The van der Waals surface area contributed by atoms with Crippen molar-refractivity contribution in [3.63, 3.8) is 0 Å². The molecule has 0 aromatic carbocycles. The fourth-order valence-corrected chi connectivity index (χ4v) is 14.3. The first kappa shape index (κ1) is 40.7. The van der Waals surface area contributed by atoms with Gasteiger partial charge in [-0.15, -0.1) is 6.58 Å². The van der Waals surface area contributed by atoms with Crippen LogP contribution in [0.15, 0.2) is 24.3 Å². The van der Waals surface area contributed by atoms with Gasteiger partial charge < -0.3 is 47.1 Å². The van der Waals surface area contributed by atoms with E-state index in [0.717, 1.165) is 18.1 Å². The largest absolute Gasteiger partial charge is 0.411 e. The Bertz CT molecular complexity index is 1260. The molecule has 288 valence electrons. The molecule has 3 heterocycles. The van der Waals surface area contributed by atoms with Crippen molar-refractivity contribution in [2.24, 2.45) is 23.2 Å². The predicted molar refractivity (Wildman–Crippen MR) is 197 cm³/mol. The van der Waals surface area contributed by atoms with Crippen LogP contribution in [0.5, 0.6) is 0 Å². The van der Waals surface area contributed by atoms with Gasteiger partial charge in [0.2, 0.25) is 5.79 Å². The van der Waals surface area contributed by atoms with Crippen LogP contribution in [0.4, 0.5) is 0 Å². The van der Waals surface area contributed by atoms with E-state index in [2.05, 4.69) is 74.2 Å². The highest BCUT2D eigenvalue weighted by molar-refractivity contribution is 6.74. The van der Waals surface area contributed by atoms with E-state index in [1.165, 1.54) is 0 Å². The normalized spacial score (nSPS) is 41.0. The van der Waals surface area contributed by atoms with E-state index in [1.807, 2.05) is 26.8 Å². The molecule has 50 heavy (non-hydrogen) atoms. The minimum absolute atomic E-state index is 0.0251. The van der Waals surface area contributed by atoms with Gasteiger partial charge in [0.1, 0.15) is 24.6 Å². The summed E-state index contributed by atoms with van der Waals surface area (Å²) < 4.78 is 59.3. The molecule has 0 aromatic heterocycles. The van der Waals surface area contributed by atoms with Crippen LogP contribution in [0.3, 0.4) is 0 Å². The Labute approximate surface area is 304 Å². The number of ether oxygens (including phenoxy) is 7. The summed E-state index contributed by atoms with van der Waals surface area (Å²) in [6.07, 6.45) is 2.48. The highest BCUT2D eigenvalue weighted by Crippen LogP contribution is 2.75. The monoisotopic (exact) mass is 740 g/mol. The molecule has 4 fully saturated rings. The van der Waals surface area contributed by atoms with Crippen LogP contribution in [0.25, 0.3) is 0 Å². The number of methoxy groups -OCH3 is 2. The molecule has 2 spiro atoms. The van der Waals surface area contributed by atoms with Gasteiger partial charge in [0, 0.05) is 38.4 Å². The van der Waals surface area contributed by atoms with Gasteiger partial charge in [-0.3, -0.25) is 0 Å². The Hall–Kier alpha value is -0.486. The Morgan fingerprint density at radius 1 is 1.04 bits per heavy atom. The Balaban J connectivity index is 1.61. The van der Waals surface area contributed by atoms with Crippen molar-refractivity contribution in [3.8, 4) is 0 Å². The van der Waals surface area contributed by atoms with Crippen molar-refractivity contribution in [3.05, 3.63) is 24.3 Å². The summed E-state index contributed by atoms with van der Waals surface area (Å²) in [5.74, 6) is -3.20. The van der Waals surface area contributed by atoms with E-state index in [4.69, 9.17) is 42.0 Å². The average molecular weight is 741 g/mol. The average Bonchev–Trinajstić information content (AvgIpc) is 3.64. The van der Waals surface area contributed by atoms with Gasteiger partial charge in [-0.05, 0) is 75.6 Å². The van der Waals surface area contributed by atoms with Crippen LogP contribution in [-0.2, 0) is 42.0 Å². The second-order valence-electron chi connectivity index (χ2n) is 17.8. The zero-order valence-corrected chi connectivity index (χ0v) is 35.5. The van der Waals surface area contributed by atoms with E-state index < -0.39 is 63.3 Å². The topological polar surface area (TPSA) is 103 Å². The first-order chi connectivity index (χ1) is 23.1. The van der Waals surface area contributed by atoms with Crippen LogP contribution in [0, 0.1) is 23.2 Å². The summed E-state index contributed by atoms with van der Waals surface area (Å²) in [5.41, 5.74) is -1.66. The predicted octanol–water partition coefficient (Wildman–Crippen LogP) is 7.14. The summed E-state index contributed by atoms with van der Waals surface area (Å²) in [6, 6.07) is 2.93. The van der Waals surface area contributed by atoms with Crippen LogP contribution in [0.1, 0.15) is 75.7 Å². The molecule has 0 unspecified atom stereocenters. The van der Waals surface area contributed by atoms with Gasteiger partial charge >= 0.3 is 0 Å². The quantitative estimate of drug-likeness (QED) is 0.119. The zero-order chi connectivity index (χ0) is 37.3. The summed E-state index contributed by atoms with van der Waals surface area (Å²) in [6.45, 7) is 31.1. The molecule has 2 saturated heterocycles. The molecular weight excluding hydrogens is 673 g/mol. The maximum Gasteiger partial charge on any atom is 0.216 e. The lowest BCUT2D eigenvalue weighted by molar-refractivity contribution is -0.415. The van der Waals surface area contributed by atoms with Crippen LogP contribution in [-0.4, -0.2) is 103 Å². The Kier molecular flexibility index (Phi) is 11.1. The molecule has 2 saturated carbocycles. The summed E-state index contributed by atoms with van der Waals surface area (Å²) >= 11 is 0. The lowest BCUT2D eigenvalue weighted by atomic mass is 9.42. The molecule has 10 atom stereocenters. The fraction of sp³-hybridized carbons (Fsp3) is 0.895. The third-order valence-corrected chi connectivity index (χ3v) is 23.0. The molecule has 1 N–H and O–H groups in total. The van der Waals surface area contributed by atoms with Crippen molar-refractivity contribution in [2.75, 3.05) is 34.2 Å². The fourth-order valence-electron chi connectivity index (χ4n) is 9.75. The zero-order valence-electron chi connectivity index (χ0n) is 33.5. The van der Waals surface area contributed by atoms with E-state index in [-0.39, 0.29) is 35.7 Å². The highest BCUT2D eigenvalue weighted by Gasteiger charge is 2.85. The molecule has 12 heteroatoms. The first-order valence-electron chi connectivity index (χ1n) is 18.8. The Morgan fingerprint density at radius 2 is 1.64 bits per heavy atom. The molecule has 10 nitrogen and oxygen atoms in total. The lowest BCUT2D eigenvalue weighted by Gasteiger charge is -2.70. The van der Waals surface area contributed by atoms with E-state index in [9.17, 15) is 5.11 Å². The molecule has 0 radical (unpaired) electrons. The summed E-state index contributed by atoms with van der Waals surface area (Å²) in [4.78, 5) is 0. The van der Waals surface area contributed by atoms with Gasteiger partial charge in [-0.2, -0.15) is 0 Å². The van der Waals surface area contributed by atoms with Crippen LogP contribution in [0.2, 0.25) is 36.3 Å². The van der Waals surface area contributed by atoms with Gasteiger partial charge in [0.25, 0.3) is 0 Å². The van der Waals surface area contributed by atoms with Crippen LogP contribution >= 0.6 is 0 Å².